The molecular formula is C18H11ClN6S. The summed E-state index contributed by atoms with van der Waals surface area (Å²) in [5.74, 6) is 1.43. The number of hydrogen-bond acceptors (Lipinski definition) is 6. The fourth-order valence-corrected chi connectivity index (χ4v) is 3.87. The van der Waals surface area contributed by atoms with E-state index in [1.54, 1.807) is 11.3 Å². The summed E-state index contributed by atoms with van der Waals surface area (Å²) in [4.78, 5) is 4.84. The van der Waals surface area contributed by atoms with Crippen molar-refractivity contribution in [2.75, 3.05) is 5.32 Å². The number of aromatic nitrogens is 5. The SMILES string of the molecule is Clc1ccc(Nc2nc3cc(-c4nnn[nH]4)ccc3c3cscc23)cc1. The Labute approximate surface area is 156 Å². The van der Waals surface area contributed by atoms with Crippen LogP contribution in [0.2, 0.25) is 5.02 Å². The van der Waals surface area contributed by atoms with Crippen LogP contribution in [0.25, 0.3) is 33.1 Å². The quantitative estimate of drug-likeness (QED) is 0.460. The van der Waals surface area contributed by atoms with Gasteiger partial charge in [0.05, 0.1) is 5.52 Å². The molecule has 2 aromatic carbocycles. The number of pyridine rings is 1. The summed E-state index contributed by atoms with van der Waals surface area (Å²) in [6.07, 6.45) is 0. The van der Waals surface area contributed by atoms with Crippen LogP contribution < -0.4 is 5.32 Å². The molecule has 6 nitrogen and oxygen atoms in total. The number of thiophene rings is 1. The monoisotopic (exact) mass is 378 g/mol. The Bertz CT molecular complexity index is 1210. The summed E-state index contributed by atoms with van der Waals surface area (Å²) < 4.78 is 0. The van der Waals surface area contributed by atoms with Crippen molar-refractivity contribution < 1.29 is 0 Å². The normalized spacial score (nSPS) is 11.3. The number of nitrogens with one attached hydrogen (secondary N) is 2. The topological polar surface area (TPSA) is 79.4 Å². The van der Waals surface area contributed by atoms with Crippen LogP contribution in [0.3, 0.4) is 0 Å². The van der Waals surface area contributed by atoms with Gasteiger partial charge in [-0.3, -0.25) is 0 Å². The van der Waals surface area contributed by atoms with Gasteiger partial charge in [-0.1, -0.05) is 23.7 Å². The van der Waals surface area contributed by atoms with Gasteiger partial charge in [0.15, 0.2) is 5.82 Å². The molecule has 0 aliphatic rings. The molecule has 0 radical (unpaired) electrons. The van der Waals surface area contributed by atoms with E-state index in [1.165, 1.54) is 5.39 Å². The highest BCUT2D eigenvalue weighted by atomic mass is 35.5. The first-order valence-corrected chi connectivity index (χ1v) is 9.16. The van der Waals surface area contributed by atoms with Crippen LogP contribution in [0.4, 0.5) is 11.5 Å². The van der Waals surface area contributed by atoms with E-state index in [0.29, 0.717) is 10.8 Å². The molecule has 8 heteroatoms. The molecule has 0 aliphatic carbocycles. The zero-order valence-corrected chi connectivity index (χ0v) is 14.8. The molecule has 0 aliphatic heterocycles. The Balaban J connectivity index is 1.68. The van der Waals surface area contributed by atoms with Crippen LogP contribution in [0.5, 0.6) is 0 Å². The summed E-state index contributed by atoms with van der Waals surface area (Å²) in [6, 6.07) is 13.6. The predicted molar refractivity (Wildman–Crippen MR) is 105 cm³/mol. The minimum Gasteiger partial charge on any atom is -0.340 e. The highest BCUT2D eigenvalue weighted by Crippen LogP contribution is 2.35. The number of aromatic amines is 1. The first-order valence-electron chi connectivity index (χ1n) is 7.84. The molecule has 2 N–H and O–H groups in total. The van der Waals surface area contributed by atoms with Crippen molar-refractivity contribution in [3.8, 4) is 11.4 Å². The molecule has 126 valence electrons. The Morgan fingerprint density at radius 2 is 1.81 bits per heavy atom. The van der Waals surface area contributed by atoms with E-state index in [1.807, 2.05) is 36.4 Å². The lowest BCUT2D eigenvalue weighted by Gasteiger charge is -2.10. The summed E-state index contributed by atoms with van der Waals surface area (Å²) in [7, 11) is 0. The molecule has 0 bridgehead atoms. The van der Waals surface area contributed by atoms with Crippen molar-refractivity contribution in [1.29, 1.82) is 0 Å². The molecule has 0 unspecified atom stereocenters. The zero-order valence-electron chi connectivity index (χ0n) is 13.3. The van der Waals surface area contributed by atoms with E-state index in [2.05, 4.69) is 42.8 Å². The van der Waals surface area contributed by atoms with Crippen molar-refractivity contribution in [3.63, 3.8) is 0 Å². The second-order valence-corrected chi connectivity index (χ2v) is 6.95. The van der Waals surface area contributed by atoms with Gasteiger partial charge in [0.1, 0.15) is 5.82 Å². The average Bonchev–Trinajstić information content (AvgIpc) is 3.35. The lowest BCUT2D eigenvalue weighted by Crippen LogP contribution is -1.95. The summed E-state index contributed by atoms with van der Waals surface area (Å²) in [5, 5.41) is 25.7. The highest BCUT2D eigenvalue weighted by Gasteiger charge is 2.12. The van der Waals surface area contributed by atoms with Gasteiger partial charge in [0.25, 0.3) is 0 Å². The van der Waals surface area contributed by atoms with Crippen molar-refractivity contribution >= 4 is 56.1 Å². The van der Waals surface area contributed by atoms with Crippen molar-refractivity contribution in [2.24, 2.45) is 0 Å². The molecule has 3 aromatic heterocycles. The largest absolute Gasteiger partial charge is 0.340 e. The molecule has 0 fully saturated rings. The van der Waals surface area contributed by atoms with Crippen molar-refractivity contribution in [3.05, 3.63) is 58.2 Å². The standard InChI is InChI=1S/C18H11ClN6S/c19-11-2-4-12(5-3-11)20-18-15-9-26-8-14(15)13-6-1-10(7-16(13)21-18)17-22-24-25-23-17/h1-9H,(H,20,21)(H,22,23,24,25). The van der Waals surface area contributed by atoms with E-state index in [4.69, 9.17) is 16.6 Å². The van der Waals surface area contributed by atoms with Gasteiger partial charge in [-0.05, 0) is 46.1 Å². The number of tetrazole rings is 1. The van der Waals surface area contributed by atoms with Crippen LogP contribution >= 0.6 is 22.9 Å². The van der Waals surface area contributed by atoms with Gasteiger partial charge in [0.2, 0.25) is 0 Å². The van der Waals surface area contributed by atoms with Gasteiger partial charge < -0.3 is 5.32 Å². The average molecular weight is 379 g/mol. The minimum atomic E-state index is 0.617. The maximum Gasteiger partial charge on any atom is 0.179 e. The minimum absolute atomic E-state index is 0.617. The summed E-state index contributed by atoms with van der Waals surface area (Å²) in [6.45, 7) is 0. The van der Waals surface area contributed by atoms with Gasteiger partial charge in [-0.15, -0.1) is 5.10 Å². The second kappa shape index (κ2) is 6.05. The molecular weight excluding hydrogens is 368 g/mol. The van der Waals surface area contributed by atoms with Crippen LogP contribution in [-0.4, -0.2) is 25.6 Å². The number of fused-ring (bicyclic) bond motifs is 3. The fourth-order valence-electron chi connectivity index (χ4n) is 2.92. The second-order valence-electron chi connectivity index (χ2n) is 5.77. The third-order valence-corrected chi connectivity index (χ3v) is 5.16. The molecule has 0 saturated heterocycles. The first-order chi connectivity index (χ1) is 12.8. The number of benzene rings is 2. The molecule has 5 rings (SSSR count). The first kappa shape index (κ1) is 15.2. The Kier molecular flexibility index (Phi) is 3.55. The zero-order chi connectivity index (χ0) is 17.5. The Morgan fingerprint density at radius 1 is 0.962 bits per heavy atom. The van der Waals surface area contributed by atoms with E-state index in [-0.39, 0.29) is 0 Å². The van der Waals surface area contributed by atoms with Gasteiger partial charge >= 0.3 is 0 Å². The smallest absolute Gasteiger partial charge is 0.179 e. The van der Waals surface area contributed by atoms with Crippen LogP contribution in [-0.2, 0) is 0 Å². The number of halogens is 1. The maximum atomic E-state index is 5.98. The van der Waals surface area contributed by atoms with Crippen LogP contribution in [0.1, 0.15) is 0 Å². The van der Waals surface area contributed by atoms with Gasteiger partial charge in [-0.2, -0.15) is 11.3 Å². The third kappa shape index (κ3) is 2.58. The fraction of sp³-hybridized carbons (Fsp3) is 0. The van der Waals surface area contributed by atoms with Crippen molar-refractivity contribution in [2.45, 2.75) is 0 Å². The Morgan fingerprint density at radius 3 is 2.62 bits per heavy atom. The lowest BCUT2D eigenvalue weighted by molar-refractivity contribution is 0.881. The molecule has 0 spiro atoms. The number of anilines is 2. The Hall–Kier alpha value is -3.03. The lowest BCUT2D eigenvalue weighted by atomic mass is 10.1. The molecule has 5 aromatic rings. The van der Waals surface area contributed by atoms with E-state index < -0.39 is 0 Å². The van der Waals surface area contributed by atoms with Gasteiger partial charge in [-0.25, -0.2) is 10.1 Å². The third-order valence-electron chi connectivity index (χ3n) is 4.16. The van der Waals surface area contributed by atoms with E-state index >= 15 is 0 Å². The van der Waals surface area contributed by atoms with Gasteiger partial charge in [0, 0.05) is 37.8 Å². The van der Waals surface area contributed by atoms with Crippen LogP contribution in [0.15, 0.2) is 53.2 Å². The predicted octanol–water partition coefficient (Wildman–Crippen LogP) is 5.03. The molecule has 0 amide bonds. The van der Waals surface area contributed by atoms with Crippen LogP contribution in [0, 0.1) is 0 Å². The summed E-state index contributed by atoms with van der Waals surface area (Å²) in [5.41, 5.74) is 2.70. The number of hydrogen-bond donors (Lipinski definition) is 2. The molecule has 0 saturated carbocycles. The maximum absolute atomic E-state index is 5.98. The molecule has 3 heterocycles. The highest BCUT2D eigenvalue weighted by molar-refractivity contribution is 7.09. The summed E-state index contributed by atoms with van der Waals surface area (Å²) >= 11 is 7.63. The number of nitrogens with zero attached hydrogens (tertiary/aromatic N) is 4. The van der Waals surface area contributed by atoms with E-state index in [9.17, 15) is 0 Å². The van der Waals surface area contributed by atoms with E-state index in [0.717, 1.165) is 33.4 Å². The van der Waals surface area contributed by atoms with Crippen molar-refractivity contribution in [1.82, 2.24) is 25.6 Å². The number of H-pyrrole nitrogens is 1. The molecule has 26 heavy (non-hydrogen) atoms. The molecule has 0 atom stereocenters. The number of rotatable bonds is 3.